The summed E-state index contributed by atoms with van der Waals surface area (Å²) in [7, 11) is -3.09. The van der Waals surface area contributed by atoms with Crippen LogP contribution in [0.2, 0.25) is 0 Å². The van der Waals surface area contributed by atoms with Crippen LogP contribution in [0.3, 0.4) is 0 Å². The summed E-state index contributed by atoms with van der Waals surface area (Å²) >= 11 is 1.81. The molecule has 4 heteroatoms. The van der Waals surface area contributed by atoms with Crippen molar-refractivity contribution in [2.24, 2.45) is 0 Å². The van der Waals surface area contributed by atoms with Gasteiger partial charge >= 0.3 is 0 Å². The molecule has 0 amide bonds. The Labute approximate surface area is 312 Å². The van der Waals surface area contributed by atoms with Gasteiger partial charge in [0.25, 0.3) is 0 Å². The number of benzene rings is 8. The first-order valence-corrected chi connectivity index (χ1v) is 20.3. The van der Waals surface area contributed by atoms with Crippen molar-refractivity contribution >= 4 is 76.2 Å². The van der Waals surface area contributed by atoms with E-state index in [2.05, 4.69) is 121 Å². The predicted octanol–water partition coefficient (Wildman–Crippen LogP) is 12.4. The maximum Gasteiger partial charge on any atom is 0.171 e. The highest BCUT2D eigenvalue weighted by Crippen LogP contribution is 2.45. The highest BCUT2D eigenvalue weighted by atomic mass is 32.1. The van der Waals surface area contributed by atoms with Crippen LogP contribution in [0.25, 0.3) is 75.4 Å². The zero-order chi connectivity index (χ0) is 35.4. The molecule has 0 aliphatic carbocycles. The van der Waals surface area contributed by atoms with Crippen LogP contribution in [-0.4, -0.2) is 4.98 Å². The van der Waals surface area contributed by atoms with Crippen molar-refractivity contribution in [2.45, 2.75) is 0 Å². The quantitative estimate of drug-likeness (QED) is 0.161. The molecule has 53 heavy (non-hydrogen) atoms. The lowest BCUT2D eigenvalue weighted by Crippen LogP contribution is -2.25. The fourth-order valence-corrected chi connectivity index (χ4v) is 11.6. The minimum Gasteiger partial charge on any atom is -0.309 e. The molecular formula is C49H32NOPS. The second-order valence-corrected chi connectivity index (χ2v) is 17.3. The summed E-state index contributed by atoms with van der Waals surface area (Å²) in [5.74, 6) is 0. The van der Waals surface area contributed by atoms with Gasteiger partial charge in [0.15, 0.2) is 7.14 Å². The van der Waals surface area contributed by atoms with E-state index in [9.17, 15) is 0 Å². The molecule has 2 nitrogen and oxygen atoms in total. The minimum atomic E-state index is -3.09. The van der Waals surface area contributed by atoms with Crippen LogP contribution in [0, 0.1) is 0 Å². The zero-order valence-corrected chi connectivity index (χ0v) is 30.4. The van der Waals surface area contributed by atoms with E-state index in [1.165, 1.54) is 47.5 Å². The van der Waals surface area contributed by atoms with E-state index in [1.54, 1.807) is 0 Å². The molecule has 10 rings (SSSR count). The highest BCUT2D eigenvalue weighted by molar-refractivity contribution is 7.85. The lowest BCUT2D eigenvalue weighted by atomic mass is 9.97. The first-order valence-electron chi connectivity index (χ1n) is 17.8. The Morgan fingerprint density at radius 2 is 1.00 bits per heavy atom. The van der Waals surface area contributed by atoms with Crippen LogP contribution in [0.15, 0.2) is 194 Å². The van der Waals surface area contributed by atoms with Crippen LogP contribution in [0.5, 0.6) is 0 Å². The lowest BCUT2D eigenvalue weighted by molar-refractivity contribution is 0.592. The molecule has 0 saturated heterocycles. The molecule has 0 N–H and O–H groups in total. The molecule has 0 saturated carbocycles. The molecule has 8 aromatic carbocycles. The standard InChI is InChI=1S/C49H32NOPS/c51-52(40-15-3-1-4-16-40,41-17-5-2-6-18-41)42-19-11-14-37(31-42)34-22-25-35(26-23-34)48-49-47(43-20-9-10-21-46(43)53-49)44-32-39(28-29-45(44)50-48)38-27-24-33-12-7-8-13-36(33)30-38/h1-32H. The molecular weight excluding hydrogens is 682 g/mol. The number of nitrogens with zero attached hydrogens (tertiary/aromatic N) is 1. The van der Waals surface area contributed by atoms with E-state index in [1.807, 2.05) is 84.1 Å². The smallest absolute Gasteiger partial charge is 0.171 e. The van der Waals surface area contributed by atoms with Crippen LogP contribution >= 0.6 is 18.5 Å². The summed E-state index contributed by atoms with van der Waals surface area (Å²) in [6.07, 6.45) is 0. The van der Waals surface area contributed by atoms with E-state index in [0.29, 0.717) is 0 Å². The molecule has 0 aliphatic heterocycles. The van der Waals surface area contributed by atoms with E-state index in [4.69, 9.17) is 4.98 Å². The number of fused-ring (bicyclic) bond motifs is 6. The Balaban J connectivity index is 1.08. The predicted molar refractivity (Wildman–Crippen MR) is 228 cm³/mol. The summed E-state index contributed by atoms with van der Waals surface area (Å²) < 4.78 is 17.5. The Morgan fingerprint density at radius 3 is 1.77 bits per heavy atom. The number of pyridine rings is 1. The number of hydrogen-bond donors (Lipinski definition) is 0. The average molecular weight is 714 g/mol. The first kappa shape index (κ1) is 31.6. The van der Waals surface area contributed by atoms with Gasteiger partial charge in [-0.15, -0.1) is 11.3 Å². The zero-order valence-electron chi connectivity index (χ0n) is 28.7. The molecule has 0 unspecified atom stereocenters. The number of rotatable bonds is 6. The first-order chi connectivity index (χ1) is 26.1. The van der Waals surface area contributed by atoms with Crippen LogP contribution in [-0.2, 0) is 4.57 Å². The summed E-state index contributed by atoms with van der Waals surface area (Å²) in [5.41, 5.74) is 7.52. The number of aromatic nitrogens is 1. The molecule has 0 atom stereocenters. The molecule has 0 bridgehead atoms. The summed E-state index contributed by atoms with van der Waals surface area (Å²) in [4.78, 5) is 5.34. The summed E-state index contributed by atoms with van der Waals surface area (Å²) in [5, 5.41) is 8.64. The fraction of sp³-hybridized carbons (Fsp3) is 0. The Bertz CT molecular complexity index is 2980. The summed E-state index contributed by atoms with van der Waals surface area (Å²) in [6.45, 7) is 0. The molecule has 2 aromatic heterocycles. The molecule has 0 fully saturated rings. The van der Waals surface area contributed by atoms with Crippen molar-refractivity contribution in [3.63, 3.8) is 0 Å². The van der Waals surface area contributed by atoms with E-state index in [-0.39, 0.29) is 0 Å². The van der Waals surface area contributed by atoms with E-state index < -0.39 is 7.14 Å². The molecule has 250 valence electrons. The van der Waals surface area contributed by atoms with Gasteiger partial charge in [-0.3, -0.25) is 0 Å². The Morgan fingerprint density at radius 1 is 0.415 bits per heavy atom. The third-order valence-electron chi connectivity index (χ3n) is 10.3. The second kappa shape index (κ2) is 12.8. The van der Waals surface area contributed by atoms with Gasteiger partial charge in [0.1, 0.15) is 0 Å². The van der Waals surface area contributed by atoms with Gasteiger partial charge in [0.2, 0.25) is 0 Å². The van der Waals surface area contributed by atoms with Gasteiger partial charge in [0, 0.05) is 42.3 Å². The maximum absolute atomic E-state index is 15.1. The fourth-order valence-electron chi connectivity index (χ4n) is 7.65. The van der Waals surface area contributed by atoms with Gasteiger partial charge in [-0.05, 0) is 63.4 Å². The van der Waals surface area contributed by atoms with Crippen molar-refractivity contribution in [3.8, 4) is 33.5 Å². The minimum absolute atomic E-state index is 0.822. The largest absolute Gasteiger partial charge is 0.309 e. The highest BCUT2D eigenvalue weighted by Gasteiger charge is 2.29. The monoisotopic (exact) mass is 713 g/mol. The number of hydrogen-bond acceptors (Lipinski definition) is 3. The third kappa shape index (κ3) is 5.40. The van der Waals surface area contributed by atoms with Gasteiger partial charge in [0.05, 0.1) is 15.9 Å². The SMILES string of the molecule is O=P(c1ccccc1)(c1ccccc1)c1cccc(-c2ccc(-c3nc4ccc(-c5ccc6ccccc6c5)cc4c4c3sc3ccccc34)cc2)c1. The summed E-state index contributed by atoms with van der Waals surface area (Å²) in [6, 6.07) is 67.2. The maximum atomic E-state index is 15.1. The lowest BCUT2D eigenvalue weighted by Gasteiger charge is -2.20. The van der Waals surface area contributed by atoms with E-state index >= 15 is 4.57 Å². The topological polar surface area (TPSA) is 30.0 Å². The molecule has 2 heterocycles. The normalized spacial score (nSPS) is 11.8. The number of thiophene rings is 1. The second-order valence-electron chi connectivity index (χ2n) is 13.5. The van der Waals surface area contributed by atoms with Gasteiger partial charge in [-0.25, -0.2) is 4.98 Å². The van der Waals surface area contributed by atoms with Gasteiger partial charge in [-0.2, -0.15) is 0 Å². The third-order valence-corrected chi connectivity index (χ3v) is 14.6. The van der Waals surface area contributed by atoms with Crippen molar-refractivity contribution < 1.29 is 4.57 Å². The van der Waals surface area contributed by atoms with Crippen LogP contribution in [0.1, 0.15) is 0 Å². The van der Waals surface area contributed by atoms with Crippen molar-refractivity contribution in [1.82, 2.24) is 4.98 Å². The van der Waals surface area contributed by atoms with Gasteiger partial charge < -0.3 is 4.57 Å². The van der Waals surface area contributed by atoms with Gasteiger partial charge in [-0.1, -0.05) is 164 Å². The van der Waals surface area contributed by atoms with Crippen molar-refractivity contribution in [1.29, 1.82) is 0 Å². The average Bonchev–Trinajstić information content (AvgIpc) is 3.64. The molecule has 0 aliphatic rings. The molecule has 0 radical (unpaired) electrons. The van der Waals surface area contributed by atoms with Crippen LogP contribution < -0.4 is 15.9 Å². The Hall–Kier alpha value is -6.12. The van der Waals surface area contributed by atoms with E-state index in [0.717, 1.165) is 43.8 Å². The van der Waals surface area contributed by atoms with Crippen LogP contribution in [0.4, 0.5) is 0 Å². The van der Waals surface area contributed by atoms with Crippen molar-refractivity contribution in [2.75, 3.05) is 0 Å². The Kier molecular flexibility index (Phi) is 7.65. The molecule has 10 aromatic rings. The van der Waals surface area contributed by atoms with Crippen molar-refractivity contribution in [3.05, 3.63) is 194 Å². The molecule has 0 spiro atoms.